The van der Waals surface area contributed by atoms with Gasteiger partial charge in [0.15, 0.2) is 0 Å². The van der Waals surface area contributed by atoms with Crippen LogP contribution in [-0.4, -0.2) is 24.8 Å². The van der Waals surface area contributed by atoms with Gasteiger partial charge in [-0.2, -0.15) is 0 Å². The second kappa shape index (κ2) is 8.79. The van der Waals surface area contributed by atoms with E-state index in [2.05, 4.69) is 31.2 Å². The topological polar surface area (TPSA) is 27.7 Å². The quantitative estimate of drug-likeness (QED) is 0.596. The molecule has 1 aromatic carbocycles. The van der Waals surface area contributed by atoms with Gasteiger partial charge in [-0.3, -0.25) is 0 Å². The first-order chi connectivity index (χ1) is 10.2. The summed E-state index contributed by atoms with van der Waals surface area (Å²) in [5.41, 5.74) is 1.27. The SMILES string of the molecule is Cc1ccc(SCC2(C)OCCCCCCCOO2)cc1. The highest BCUT2D eigenvalue weighted by Gasteiger charge is 2.28. The summed E-state index contributed by atoms with van der Waals surface area (Å²) >= 11 is 1.74. The van der Waals surface area contributed by atoms with Crippen LogP contribution in [0.15, 0.2) is 29.2 Å². The minimum absolute atomic E-state index is 0.647. The van der Waals surface area contributed by atoms with Gasteiger partial charge in [-0.1, -0.05) is 37.0 Å². The van der Waals surface area contributed by atoms with Crippen molar-refractivity contribution in [2.45, 2.75) is 56.6 Å². The molecule has 2 rings (SSSR count). The lowest BCUT2D eigenvalue weighted by Crippen LogP contribution is -2.36. The van der Waals surface area contributed by atoms with Crippen molar-refractivity contribution in [2.75, 3.05) is 19.0 Å². The minimum atomic E-state index is -0.681. The molecule has 1 fully saturated rings. The van der Waals surface area contributed by atoms with Crippen molar-refractivity contribution in [3.63, 3.8) is 0 Å². The Bertz CT molecular complexity index is 393. The molecule has 0 amide bonds. The van der Waals surface area contributed by atoms with Crippen LogP contribution in [0.2, 0.25) is 0 Å². The van der Waals surface area contributed by atoms with Gasteiger partial charge < -0.3 is 4.74 Å². The Morgan fingerprint density at radius 1 is 1.00 bits per heavy atom. The molecule has 1 aliphatic heterocycles. The predicted molar refractivity (Wildman–Crippen MR) is 86.4 cm³/mol. The van der Waals surface area contributed by atoms with E-state index in [1.54, 1.807) is 11.8 Å². The number of benzene rings is 1. The first-order valence-corrected chi connectivity index (χ1v) is 8.81. The Labute approximate surface area is 132 Å². The van der Waals surface area contributed by atoms with E-state index in [-0.39, 0.29) is 0 Å². The third-order valence-corrected chi connectivity index (χ3v) is 4.81. The van der Waals surface area contributed by atoms with Gasteiger partial charge in [0.1, 0.15) is 0 Å². The van der Waals surface area contributed by atoms with Crippen LogP contribution in [0.3, 0.4) is 0 Å². The molecule has 21 heavy (non-hydrogen) atoms. The van der Waals surface area contributed by atoms with Crippen LogP contribution in [-0.2, 0) is 14.5 Å². The van der Waals surface area contributed by atoms with Crippen molar-refractivity contribution >= 4 is 11.8 Å². The van der Waals surface area contributed by atoms with Crippen LogP contribution in [0.1, 0.15) is 44.6 Å². The number of ether oxygens (including phenoxy) is 1. The maximum Gasteiger partial charge on any atom is 0.208 e. The lowest BCUT2D eigenvalue weighted by atomic mass is 10.1. The van der Waals surface area contributed by atoms with Crippen molar-refractivity contribution < 1.29 is 14.5 Å². The van der Waals surface area contributed by atoms with E-state index >= 15 is 0 Å². The van der Waals surface area contributed by atoms with Crippen molar-refractivity contribution in [2.24, 2.45) is 0 Å². The number of rotatable bonds is 3. The second-order valence-electron chi connectivity index (χ2n) is 5.76. The van der Waals surface area contributed by atoms with E-state index in [1.165, 1.54) is 29.7 Å². The average Bonchev–Trinajstić information content (AvgIpc) is 2.53. The molecule has 1 saturated heterocycles. The smallest absolute Gasteiger partial charge is 0.208 e. The van der Waals surface area contributed by atoms with Crippen molar-refractivity contribution in [3.8, 4) is 0 Å². The minimum Gasteiger partial charge on any atom is -0.347 e. The first kappa shape index (κ1) is 16.8. The van der Waals surface area contributed by atoms with Gasteiger partial charge in [-0.15, -0.1) is 11.8 Å². The van der Waals surface area contributed by atoms with Crippen LogP contribution in [0.25, 0.3) is 0 Å². The van der Waals surface area contributed by atoms with Gasteiger partial charge in [-0.05, 0) is 38.8 Å². The van der Waals surface area contributed by atoms with Gasteiger partial charge in [-0.25, -0.2) is 9.78 Å². The Balaban J connectivity index is 1.87. The zero-order valence-corrected chi connectivity index (χ0v) is 13.9. The summed E-state index contributed by atoms with van der Waals surface area (Å²) < 4.78 is 5.94. The Morgan fingerprint density at radius 3 is 2.43 bits per heavy atom. The molecule has 0 bridgehead atoms. The number of hydrogen-bond donors (Lipinski definition) is 0. The largest absolute Gasteiger partial charge is 0.347 e. The van der Waals surface area contributed by atoms with Crippen molar-refractivity contribution in [1.29, 1.82) is 0 Å². The van der Waals surface area contributed by atoms with Gasteiger partial charge >= 0.3 is 0 Å². The molecule has 4 heteroatoms. The summed E-state index contributed by atoms with van der Waals surface area (Å²) in [5.74, 6) is 0.0377. The molecule has 118 valence electrons. The number of hydrogen-bond acceptors (Lipinski definition) is 4. The Kier molecular flexibility index (Phi) is 7.04. The van der Waals surface area contributed by atoms with E-state index in [4.69, 9.17) is 14.5 Å². The molecular formula is C17H26O3S. The van der Waals surface area contributed by atoms with Crippen LogP contribution >= 0.6 is 11.8 Å². The molecule has 1 unspecified atom stereocenters. The van der Waals surface area contributed by atoms with E-state index in [1.807, 2.05) is 6.92 Å². The normalized spacial score (nSPS) is 25.2. The van der Waals surface area contributed by atoms with Crippen LogP contribution in [0.4, 0.5) is 0 Å². The Morgan fingerprint density at radius 2 is 1.67 bits per heavy atom. The summed E-state index contributed by atoms with van der Waals surface area (Å²) in [6, 6.07) is 8.52. The third-order valence-electron chi connectivity index (χ3n) is 3.54. The lowest BCUT2D eigenvalue weighted by Gasteiger charge is -2.28. The molecule has 0 radical (unpaired) electrons. The fraction of sp³-hybridized carbons (Fsp3) is 0.647. The molecule has 0 aliphatic carbocycles. The fourth-order valence-corrected chi connectivity index (χ4v) is 3.08. The molecule has 1 aromatic rings. The van der Waals surface area contributed by atoms with Crippen molar-refractivity contribution in [1.82, 2.24) is 0 Å². The summed E-state index contributed by atoms with van der Waals surface area (Å²) in [5, 5.41) is 0. The third kappa shape index (κ3) is 6.39. The molecule has 1 atom stereocenters. The lowest BCUT2D eigenvalue weighted by molar-refractivity contribution is -0.415. The van der Waals surface area contributed by atoms with Gasteiger partial charge in [0.25, 0.3) is 0 Å². The maximum atomic E-state index is 5.94. The zero-order chi connectivity index (χ0) is 15.0. The molecule has 0 aromatic heterocycles. The Hall–Kier alpha value is -0.550. The van der Waals surface area contributed by atoms with Crippen molar-refractivity contribution in [3.05, 3.63) is 29.8 Å². The van der Waals surface area contributed by atoms with Crippen LogP contribution < -0.4 is 0 Å². The monoisotopic (exact) mass is 310 g/mol. The van der Waals surface area contributed by atoms with Gasteiger partial charge in [0.05, 0.1) is 19.0 Å². The predicted octanol–water partition coefficient (Wildman–Crippen LogP) is 4.73. The summed E-state index contributed by atoms with van der Waals surface area (Å²) in [6.45, 7) is 5.44. The number of aryl methyl sites for hydroxylation is 1. The second-order valence-corrected chi connectivity index (χ2v) is 6.81. The molecule has 1 aliphatic rings. The van der Waals surface area contributed by atoms with E-state index in [0.29, 0.717) is 6.61 Å². The summed E-state index contributed by atoms with van der Waals surface area (Å²) in [6.07, 6.45) is 5.83. The maximum absolute atomic E-state index is 5.94. The van der Waals surface area contributed by atoms with E-state index in [9.17, 15) is 0 Å². The highest BCUT2D eigenvalue weighted by molar-refractivity contribution is 7.99. The summed E-state index contributed by atoms with van der Waals surface area (Å²) in [7, 11) is 0. The first-order valence-electron chi connectivity index (χ1n) is 7.82. The highest BCUT2D eigenvalue weighted by atomic mass is 32.2. The highest BCUT2D eigenvalue weighted by Crippen LogP contribution is 2.27. The molecular weight excluding hydrogens is 284 g/mol. The molecule has 3 nitrogen and oxygen atoms in total. The van der Waals surface area contributed by atoms with Crippen LogP contribution in [0, 0.1) is 6.92 Å². The average molecular weight is 310 g/mol. The molecule has 1 heterocycles. The van der Waals surface area contributed by atoms with Crippen LogP contribution in [0.5, 0.6) is 0 Å². The van der Waals surface area contributed by atoms with E-state index in [0.717, 1.165) is 25.2 Å². The van der Waals surface area contributed by atoms with Gasteiger partial charge in [0.2, 0.25) is 5.79 Å². The molecule has 0 N–H and O–H groups in total. The molecule has 0 saturated carbocycles. The molecule has 0 spiro atoms. The van der Waals surface area contributed by atoms with Gasteiger partial charge in [0, 0.05) is 4.90 Å². The zero-order valence-electron chi connectivity index (χ0n) is 13.1. The fourth-order valence-electron chi connectivity index (χ4n) is 2.19. The number of thioether (sulfide) groups is 1. The standard InChI is InChI=1S/C17H26O3S/c1-15-8-10-16(11-9-15)21-14-17(2)18-12-6-4-3-5-7-13-19-20-17/h8-11H,3-7,12-14H2,1-2H3. The van der Waals surface area contributed by atoms with E-state index < -0.39 is 5.79 Å². The summed E-state index contributed by atoms with van der Waals surface area (Å²) in [4.78, 5) is 12.1.